The number of benzene rings is 2. The van der Waals surface area contributed by atoms with Crippen molar-refractivity contribution in [3.05, 3.63) is 78.4 Å². The van der Waals surface area contributed by atoms with Crippen LogP contribution in [0.2, 0.25) is 0 Å². The third kappa shape index (κ3) is 5.62. The smallest absolute Gasteiger partial charge is 0.263 e. The van der Waals surface area contributed by atoms with E-state index in [1.807, 2.05) is 55.5 Å². The van der Waals surface area contributed by atoms with Gasteiger partial charge in [0, 0.05) is 25.0 Å². The first-order chi connectivity index (χ1) is 18.0. The first kappa shape index (κ1) is 24.5. The Morgan fingerprint density at radius 3 is 2.78 bits per heavy atom. The lowest BCUT2D eigenvalue weighted by Crippen LogP contribution is -2.39. The van der Waals surface area contributed by atoms with Crippen LogP contribution in [-0.2, 0) is 11.4 Å². The van der Waals surface area contributed by atoms with Crippen LogP contribution in [0, 0.1) is 6.92 Å². The molecule has 9 heteroatoms. The molecule has 1 saturated heterocycles. The number of β-amino-alcohol motifs (C(OH)–C–C–N with tert-alkyl or cyclic N) is 1. The molecule has 190 valence electrons. The van der Waals surface area contributed by atoms with E-state index in [0.717, 1.165) is 22.7 Å². The SMILES string of the molecule is Cc1cc(Nc2ncnc3cccc(O[C@H](C)C(=O)N4CC[C@@H](O)C4)c23)ccc1OCc1ccccn1. The second-order valence-electron chi connectivity index (χ2n) is 9.07. The first-order valence-corrected chi connectivity index (χ1v) is 12.3. The van der Waals surface area contributed by atoms with Crippen LogP contribution in [0.15, 0.2) is 67.1 Å². The molecule has 5 rings (SSSR count). The summed E-state index contributed by atoms with van der Waals surface area (Å²) in [5, 5.41) is 13.8. The Bertz CT molecular complexity index is 1390. The summed E-state index contributed by atoms with van der Waals surface area (Å²) in [6.07, 6.45) is 2.62. The second kappa shape index (κ2) is 10.8. The number of fused-ring (bicyclic) bond motifs is 1. The summed E-state index contributed by atoms with van der Waals surface area (Å²) in [5.41, 5.74) is 3.34. The number of ether oxygens (including phenoxy) is 2. The zero-order valence-corrected chi connectivity index (χ0v) is 20.8. The van der Waals surface area contributed by atoms with Crippen LogP contribution in [0.1, 0.15) is 24.6 Å². The predicted molar refractivity (Wildman–Crippen MR) is 140 cm³/mol. The van der Waals surface area contributed by atoms with Crippen LogP contribution >= 0.6 is 0 Å². The zero-order valence-electron chi connectivity index (χ0n) is 20.8. The van der Waals surface area contributed by atoms with Gasteiger partial charge in [0.05, 0.1) is 22.7 Å². The molecule has 1 aliphatic heterocycles. The van der Waals surface area contributed by atoms with E-state index in [2.05, 4.69) is 20.3 Å². The molecule has 0 bridgehead atoms. The van der Waals surface area contributed by atoms with Crippen molar-refractivity contribution in [2.75, 3.05) is 18.4 Å². The Kier molecular flexibility index (Phi) is 7.14. The number of aliphatic hydroxyl groups excluding tert-OH is 1. The third-order valence-corrected chi connectivity index (χ3v) is 6.29. The number of likely N-dealkylation sites (tertiary alicyclic amines) is 1. The summed E-state index contributed by atoms with van der Waals surface area (Å²) in [6.45, 7) is 4.95. The summed E-state index contributed by atoms with van der Waals surface area (Å²) in [6, 6.07) is 17.1. The lowest BCUT2D eigenvalue weighted by Gasteiger charge is -2.22. The van der Waals surface area contributed by atoms with Gasteiger partial charge in [0.25, 0.3) is 5.91 Å². The van der Waals surface area contributed by atoms with Gasteiger partial charge in [-0.3, -0.25) is 9.78 Å². The van der Waals surface area contributed by atoms with Gasteiger partial charge < -0.3 is 24.8 Å². The average Bonchev–Trinajstić information content (AvgIpc) is 3.34. The largest absolute Gasteiger partial charge is 0.487 e. The highest BCUT2D eigenvalue weighted by Gasteiger charge is 2.29. The van der Waals surface area contributed by atoms with Gasteiger partial charge in [0.15, 0.2) is 6.10 Å². The number of carbonyl (C=O) groups is 1. The van der Waals surface area contributed by atoms with Crippen LogP contribution in [0.25, 0.3) is 10.9 Å². The van der Waals surface area contributed by atoms with Gasteiger partial charge in [-0.15, -0.1) is 0 Å². The topological polar surface area (TPSA) is 110 Å². The van der Waals surface area contributed by atoms with Crippen LogP contribution < -0.4 is 14.8 Å². The van der Waals surface area contributed by atoms with Crippen molar-refractivity contribution < 1.29 is 19.4 Å². The molecule has 1 aliphatic rings. The van der Waals surface area contributed by atoms with Gasteiger partial charge in [-0.25, -0.2) is 9.97 Å². The molecule has 0 radical (unpaired) electrons. The third-order valence-electron chi connectivity index (χ3n) is 6.29. The average molecular weight is 500 g/mol. The molecule has 0 aliphatic carbocycles. The standard InChI is InChI=1S/C28H29N5O4/c1-18-14-20(9-10-24(18)36-16-21-6-3-4-12-29-21)32-27-26-23(30-17-31-27)7-5-8-25(26)37-19(2)28(35)33-13-11-22(34)15-33/h3-10,12,14,17,19,22,34H,11,13,15-16H2,1-2H3,(H,30,31,32)/t19-,22-/m1/s1. The highest BCUT2D eigenvalue weighted by atomic mass is 16.5. The number of hydrogen-bond acceptors (Lipinski definition) is 8. The number of amides is 1. The van der Waals surface area contributed by atoms with Gasteiger partial charge in [-0.05, 0) is 68.3 Å². The minimum Gasteiger partial charge on any atom is -0.487 e. The maximum atomic E-state index is 12.8. The van der Waals surface area contributed by atoms with Crippen LogP contribution in [0.5, 0.6) is 11.5 Å². The zero-order chi connectivity index (χ0) is 25.8. The van der Waals surface area contributed by atoms with Gasteiger partial charge in [-0.2, -0.15) is 0 Å². The van der Waals surface area contributed by atoms with Crippen molar-refractivity contribution in [3.8, 4) is 11.5 Å². The number of hydrogen-bond donors (Lipinski definition) is 2. The molecule has 2 aromatic carbocycles. The highest BCUT2D eigenvalue weighted by Crippen LogP contribution is 2.33. The summed E-state index contributed by atoms with van der Waals surface area (Å²) < 4.78 is 12.1. The summed E-state index contributed by atoms with van der Waals surface area (Å²) in [4.78, 5) is 27.6. The molecular formula is C28H29N5O4. The fourth-order valence-electron chi connectivity index (χ4n) is 4.37. The normalized spacial score (nSPS) is 16.0. The summed E-state index contributed by atoms with van der Waals surface area (Å²) in [5.74, 6) is 1.69. The van der Waals surface area contributed by atoms with Crippen molar-refractivity contribution in [2.24, 2.45) is 0 Å². The van der Waals surface area contributed by atoms with E-state index in [-0.39, 0.29) is 5.91 Å². The molecule has 1 amide bonds. The Morgan fingerprint density at radius 2 is 2.03 bits per heavy atom. The summed E-state index contributed by atoms with van der Waals surface area (Å²) in [7, 11) is 0. The molecular weight excluding hydrogens is 470 g/mol. The number of aromatic nitrogens is 3. The van der Waals surface area contributed by atoms with Crippen molar-refractivity contribution in [3.63, 3.8) is 0 Å². The van der Waals surface area contributed by atoms with E-state index in [9.17, 15) is 9.90 Å². The van der Waals surface area contributed by atoms with Crippen molar-refractivity contribution in [1.29, 1.82) is 0 Å². The molecule has 2 atom stereocenters. The van der Waals surface area contributed by atoms with Crippen molar-refractivity contribution in [2.45, 2.75) is 39.1 Å². The monoisotopic (exact) mass is 499 g/mol. The molecule has 3 heterocycles. The molecule has 4 aromatic rings. The van der Waals surface area contributed by atoms with Gasteiger partial charge in [0.1, 0.15) is 30.3 Å². The molecule has 2 N–H and O–H groups in total. The van der Waals surface area contributed by atoms with Crippen LogP contribution in [-0.4, -0.2) is 56.2 Å². The maximum absolute atomic E-state index is 12.8. The number of anilines is 2. The molecule has 0 saturated carbocycles. The van der Waals surface area contributed by atoms with Gasteiger partial charge in [0.2, 0.25) is 0 Å². The minimum absolute atomic E-state index is 0.156. The van der Waals surface area contributed by atoms with E-state index in [1.54, 1.807) is 24.1 Å². The van der Waals surface area contributed by atoms with Crippen molar-refractivity contribution >= 4 is 28.3 Å². The number of pyridine rings is 1. The Hall–Kier alpha value is -4.24. The molecule has 9 nitrogen and oxygen atoms in total. The second-order valence-corrected chi connectivity index (χ2v) is 9.07. The highest BCUT2D eigenvalue weighted by molar-refractivity contribution is 5.96. The molecule has 0 unspecified atom stereocenters. The van der Waals surface area contributed by atoms with E-state index in [4.69, 9.17) is 9.47 Å². The van der Waals surface area contributed by atoms with Crippen LogP contribution in [0.3, 0.4) is 0 Å². The Morgan fingerprint density at radius 1 is 1.14 bits per heavy atom. The maximum Gasteiger partial charge on any atom is 0.263 e. The lowest BCUT2D eigenvalue weighted by atomic mass is 10.1. The molecule has 1 fully saturated rings. The van der Waals surface area contributed by atoms with E-state index < -0.39 is 12.2 Å². The van der Waals surface area contributed by atoms with Crippen LogP contribution in [0.4, 0.5) is 11.5 Å². The van der Waals surface area contributed by atoms with E-state index >= 15 is 0 Å². The number of aliphatic hydroxyl groups is 1. The lowest BCUT2D eigenvalue weighted by molar-refractivity contribution is -0.137. The first-order valence-electron chi connectivity index (χ1n) is 12.3. The molecule has 37 heavy (non-hydrogen) atoms. The van der Waals surface area contributed by atoms with Crippen molar-refractivity contribution in [1.82, 2.24) is 19.9 Å². The Labute approximate surface area is 215 Å². The number of nitrogens with zero attached hydrogens (tertiary/aromatic N) is 4. The van der Waals surface area contributed by atoms with Gasteiger partial charge >= 0.3 is 0 Å². The molecule has 0 spiro atoms. The molecule has 2 aromatic heterocycles. The fraction of sp³-hybridized carbons (Fsp3) is 0.286. The Balaban J connectivity index is 1.34. The minimum atomic E-state index is -0.721. The fourth-order valence-corrected chi connectivity index (χ4v) is 4.37. The summed E-state index contributed by atoms with van der Waals surface area (Å²) >= 11 is 0. The van der Waals surface area contributed by atoms with Gasteiger partial charge in [-0.1, -0.05) is 12.1 Å². The number of rotatable bonds is 8. The number of aryl methyl sites for hydroxylation is 1. The van der Waals surface area contributed by atoms with E-state index in [0.29, 0.717) is 48.6 Å². The van der Waals surface area contributed by atoms with E-state index in [1.165, 1.54) is 6.33 Å². The number of nitrogens with one attached hydrogen (secondary N) is 1. The number of carbonyl (C=O) groups excluding carboxylic acids is 1. The quantitative estimate of drug-likeness (QED) is 0.374. The predicted octanol–water partition coefficient (Wildman–Crippen LogP) is 4.02.